The van der Waals surface area contributed by atoms with E-state index in [4.69, 9.17) is 0 Å². The number of hydrogen-bond donors (Lipinski definition) is 3. The van der Waals surface area contributed by atoms with Gasteiger partial charge in [-0.25, -0.2) is 0 Å². The number of benzene rings is 3. The molecule has 0 saturated carbocycles. The summed E-state index contributed by atoms with van der Waals surface area (Å²) in [6.45, 7) is 1.84. The Morgan fingerprint density at radius 2 is 1.53 bits per heavy atom. The largest absolute Gasteiger partial charge is 0.325 e. The van der Waals surface area contributed by atoms with Crippen molar-refractivity contribution in [1.29, 1.82) is 0 Å². The molecule has 192 valence electrons. The molecule has 1 unspecified atom stereocenters. The number of hydrogen-bond acceptors (Lipinski definition) is 5. The lowest BCUT2D eigenvalue weighted by atomic mass is 10.2. The fraction of sp³-hybridized carbons (Fsp3) is 0.0690. The number of rotatable bonds is 9. The van der Waals surface area contributed by atoms with Crippen LogP contribution in [-0.2, 0) is 9.59 Å². The van der Waals surface area contributed by atoms with Crippen LogP contribution < -0.4 is 16.0 Å². The number of amides is 3. The zero-order valence-corrected chi connectivity index (χ0v) is 23.5. The zero-order valence-electron chi connectivity index (χ0n) is 20.3. The molecule has 0 fully saturated rings. The van der Waals surface area contributed by atoms with Gasteiger partial charge in [0.2, 0.25) is 5.91 Å². The van der Waals surface area contributed by atoms with Gasteiger partial charge in [-0.2, -0.15) is 11.3 Å². The second kappa shape index (κ2) is 13.2. The Morgan fingerprint density at radius 3 is 2.18 bits per heavy atom. The molecule has 0 spiro atoms. The Kier molecular flexibility index (Phi) is 9.53. The Balaban J connectivity index is 1.39. The molecule has 4 rings (SSSR count). The monoisotopic (exact) mass is 605 g/mol. The third kappa shape index (κ3) is 7.92. The molecule has 3 amide bonds. The summed E-state index contributed by atoms with van der Waals surface area (Å²) in [5, 5.41) is 11.9. The van der Waals surface area contributed by atoms with Gasteiger partial charge in [-0.15, -0.1) is 11.8 Å². The minimum absolute atomic E-state index is 0.105. The van der Waals surface area contributed by atoms with Crippen molar-refractivity contribution >= 4 is 74.2 Å². The van der Waals surface area contributed by atoms with Crippen LogP contribution in [0.1, 0.15) is 22.8 Å². The highest BCUT2D eigenvalue weighted by Crippen LogP contribution is 2.26. The second-order valence-corrected chi connectivity index (χ2v) is 11.3. The summed E-state index contributed by atoms with van der Waals surface area (Å²) in [4.78, 5) is 39.3. The molecule has 1 heterocycles. The van der Waals surface area contributed by atoms with E-state index in [-0.39, 0.29) is 22.8 Å². The van der Waals surface area contributed by atoms with E-state index in [0.29, 0.717) is 11.3 Å². The third-order valence-electron chi connectivity index (χ3n) is 5.29. The zero-order chi connectivity index (χ0) is 26.9. The molecule has 3 N–H and O–H groups in total. The molecule has 6 nitrogen and oxygen atoms in total. The van der Waals surface area contributed by atoms with Crippen molar-refractivity contribution in [2.75, 3.05) is 10.6 Å². The van der Waals surface area contributed by atoms with Gasteiger partial charge < -0.3 is 16.0 Å². The highest BCUT2D eigenvalue weighted by molar-refractivity contribution is 9.10. The molecule has 0 aliphatic rings. The number of thioether (sulfide) groups is 1. The highest BCUT2D eigenvalue weighted by atomic mass is 79.9. The maximum atomic E-state index is 13.1. The number of carbonyl (C=O) groups excluding carboxylic acids is 3. The van der Waals surface area contributed by atoms with E-state index in [9.17, 15) is 14.4 Å². The van der Waals surface area contributed by atoms with Crippen molar-refractivity contribution in [1.82, 2.24) is 5.32 Å². The minimum atomic E-state index is -0.442. The SMILES string of the molecule is CC(Sc1ccc(NC(=O)/C(=C/c2ccsc2)NC(=O)c2ccccc2)cc1)C(=O)Nc1ccc(Br)cc1. The summed E-state index contributed by atoms with van der Waals surface area (Å²) >= 11 is 6.30. The van der Waals surface area contributed by atoms with Gasteiger partial charge in [0, 0.05) is 26.3 Å². The first-order valence-corrected chi connectivity index (χ1v) is 14.2. The topological polar surface area (TPSA) is 87.3 Å². The molecule has 3 aromatic carbocycles. The maximum absolute atomic E-state index is 13.1. The summed E-state index contributed by atoms with van der Waals surface area (Å²) in [6.07, 6.45) is 1.64. The van der Waals surface area contributed by atoms with Crippen LogP contribution in [0.15, 0.2) is 111 Å². The van der Waals surface area contributed by atoms with Crippen molar-refractivity contribution in [3.8, 4) is 0 Å². The summed E-state index contributed by atoms with van der Waals surface area (Å²) in [6, 6.07) is 25.2. The van der Waals surface area contributed by atoms with E-state index in [2.05, 4.69) is 31.9 Å². The molecule has 0 aliphatic carbocycles. The minimum Gasteiger partial charge on any atom is -0.325 e. The summed E-state index contributed by atoms with van der Waals surface area (Å²) in [7, 11) is 0. The second-order valence-electron chi connectivity index (χ2n) is 8.17. The van der Waals surface area contributed by atoms with Crippen molar-refractivity contribution in [2.45, 2.75) is 17.1 Å². The Hall–Kier alpha value is -3.66. The van der Waals surface area contributed by atoms with Crippen LogP contribution in [0.4, 0.5) is 11.4 Å². The average Bonchev–Trinajstić information content (AvgIpc) is 3.44. The average molecular weight is 607 g/mol. The van der Waals surface area contributed by atoms with Crippen LogP contribution in [0, 0.1) is 0 Å². The van der Waals surface area contributed by atoms with Crippen LogP contribution in [0.3, 0.4) is 0 Å². The Bertz CT molecular complexity index is 1420. The first kappa shape index (κ1) is 27.4. The predicted octanol–water partition coefficient (Wildman–Crippen LogP) is 7.04. The lowest BCUT2D eigenvalue weighted by Crippen LogP contribution is -2.30. The molecule has 38 heavy (non-hydrogen) atoms. The molecule has 1 aromatic heterocycles. The molecule has 0 saturated heterocycles. The van der Waals surface area contributed by atoms with Crippen LogP contribution in [0.25, 0.3) is 6.08 Å². The molecular weight excluding hydrogens is 582 g/mol. The van der Waals surface area contributed by atoms with E-state index in [0.717, 1.165) is 20.6 Å². The summed E-state index contributed by atoms with van der Waals surface area (Å²) < 4.78 is 0.942. The first-order chi connectivity index (χ1) is 18.4. The van der Waals surface area contributed by atoms with Crippen molar-refractivity contribution in [3.63, 3.8) is 0 Å². The maximum Gasteiger partial charge on any atom is 0.272 e. The fourth-order valence-corrected chi connectivity index (χ4v) is 5.07. The van der Waals surface area contributed by atoms with Gasteiger partial charge in [-0.1, -0.05) is 34.1 Å². The number of carbonyl (C=O) groups is 3. The molecular formula is C29H24BrN3O3S2. The summed E-state index contributed by atoms with van der Waals surface area (Å²) in [5.41, 5.74) is 2.70. The van der Waals surface area contributed by atoms with Crippen molar-refractivity contribution < 1.29 is 14.4 Å². The van der Waals surface area contributed by atoms with Gasteiger partial charge in [0.05, 0.1) is 5.25 Å². The summed E-state index contributed by atoms with van der Waals surface area (Å²) in [5.74, 6) is -0.917. The molecule has 0 bridgehead atoms. The van der Waals surface area contributed by atoms with Crippen molar-refractivity contribution in [3.05, 3.63) is 117 Å². The quantitative estimate of drug-likeness (QED) is 0.141. The van der Waals surface area contributed by atoms with Gasteiger partial charge in [0.25, 0.3) is 11.8 Å². The first-order valence-electron chi connectivity index (χ1n) is 11.6. The van der Waals surface area contributed by atoms with Crippen LogP contribution in [-0.4, -0.2) is 23.0 Å². The van der Waals surface area contributed by atoms with E-state index >= 15 is 0 Å². The van der Waals surface area contributed by atoms with E-state index < -0.39 is 5.91 Å². The Labute approximate surface area is 237 Å². The lowest BCUT2D eigenvalue weighted by Gasteiger charge is -2.13. The van der Waals surface area contributed by atoms with E-state index in [1.807, 2.05) is 66.2 Å². The van der Waals surface area contributed by atoms with Gasteiger partial charge in [-0.3, -0.25) is 14.4 Å². The van der Waals surface area contributed by atoms with Gasteiger partial charge >= 0.3 is 0 Å². The standard InChI is InChI=1S/C29H24BrN3O3S2/c1-19(27(34)31-23-9-7-22(30)8-10-23)38-25-13-11-24(12-14-25)32-29(36)26(17-20-15-16-37-18-20)33-28(35)21-5-3-2-4-6-21/h2-19H,1H3,(H,31,34)(H,32,36)(H,33,35)/b26-17-. The Morgan fingerprint density at radius 1 is 0.868 bits per heavy atom. The van der Waals surface area contributed by atoms with Crippen molar-refractivity contribution in [2.24, 2.45) is 0 Å². The van der Waals surface area contributed by atoms with E-state index in [1.54, 1.807) is 42.5 Å². The van der Waals surface area contributed by atoms with Crippen LogP contribution in [0.5, 0.6) is 0 Å². The van der Waals surface area contributed by atoms with Gasteiger partial charge in [0.15, 0.2) is 0 Å². The molecule has 0 radical (unpaired) electrons. The van der Waals surface area contributed by atoms with Gasteiger partial charge in [-0.05, 0) is 96.1 Å². The number of halogens is 1. The normalized spacial score (nSPS) is 11.9. The smallest absolute Gasteiger partial charge is 0.272 e. The number of anilines is 2. The van der Waals surface area contributed by atoms with Crippen LogP contribution >= 0.6 is 39.0 Å². The van der Waals surface area contributed by atoms with Crippen LogP contribution in [0.2, 0.25) is 0 Å². The lowest BCUT2D eigenvalue weighted by molar-refractivity contribution is -0.115. The predicted molar refractivity (Wildman–Crippen MR) is 159 cm³/mol. The third-order valence-corrected chi connectivity index (χ3v) is 7.63. The molecule has 0 aliphatic heterocycles. The fourth-order valence-electron chi connectivity index (χ4n) is 3.32. The molecule has 9 heteroatoms. The van der Waals surface area contributed by atoms with E-state index in [1.165, 1.54) is 23.1 Å². The highest BCUT2D eigenvalue weighted by Gasteiger charge is 2.17. The number of thiophene rings is 1. The molecule has 1 atom stereocenters. The van der Waals surface area contributed by atoms with Gasteiger partial charge in [0.1, 0.15) is 5.70 Å². The molecule has 4 aromatic rings. The number of nitrogens with one attached hydrogen (secondary N) is 3.